The molecule has 1 saturated carbocycles. The fraction of sp³-hybridized carbons (Fsp3) is 0.947. The molecule has 138 valence electrons. The summed E-state index contributed by atoms with van der Waals surface area (Å²) in [5.74, 6) is 1.24. The van der Waals surface area contributed by atoms with E-state index in [4.69, 9.17) is 9.47 Å². The molecule has 1 aliphatic carbocycles. The van der Waals surface area contributed by atoms with Crippen molar-refractivity contribution >= 4 is 6.03 Å². The summed E-state index contributed by atoms with van der Waals surface area (Å²) in [6.45, 7) is 6.43. The van der Waals surface area contributed by atoms with Gasteiger partial charge in [-0.3, -0.25) is 0 Å². The minimum atomic E-state index is 0.142. The molecule has 0 aromatic heterocycles. The molecule has 24 heavy (non-hydrogen) atoms. The largest absolute Gasteiger partial charge is 0.381 e. The van der Waals surface area contributed by atoms with Gasteiger partial charge in [-0.15, -0.1) is 0 Å². The van der Waals surface area contributed by atoms with Gasteiger partial charge in [0.2, 0.25) is 0 Å². The second-order valence-corrected chi connectivity index (χ2v) is 7.76. The normalized spacial score (nSPS) is 32.0. The molecule has 2 saturated heterocycles. The molecule has 5 heteroatoms. The molecule has 3 rings (SSSR count). The second kappa shape index (κ2) is 9.04. The Morgan fingerprint density at radius 1 is 1.17 bits per heavy atom. The van der Waals surface area contributed by atoms with Crippen molar-refractivity contribution in [2.24, 2.45) is 11.8 Å². The van der Waals surface area contributed by atoms with Crippen molar-refractivity contribution in [2.45, 2.75) is 70.4 Å². The van der Waals surface area contributed by atoms with E-state index in [2.05, 4.69) is 12.2 Å². The fourth-order valence-electron chi connectivity index (χ4n) is 4.35. The van der Waals surface area contributed by atoms with Crippen LogP contribution in [-0.4, -0.2) is 56.0 Å². The molecule has 2 heterocycles. The molecular weight excluding hydrogens is 304 g/mol. The zero-order valence-electron chi connectivity index (χ0n) is 15.2. The molecule has 2 amide bonds. The molecule has 2 aliphatic heterocycles. The van der Waals surface area contributed by atoms with Gasteiger partial charge in [-0.1, -0.05) is 26.2 Å². The van der Waals surface area contributed by atoms with Gasteiger partial charge in [0.25, 0.3) is 0 Å². The van der Waals surface area contributed by atoms with E-state index in [0.29, 0.717) is 24.0 Å². The summed E-state index contributed by atoms with van der Waals surface area (Å²) in [4.78, 5) is 14.5. The van der Waals surface area contributed by atoms with E-state index < -0.39 is 0 Å². The molecule has 0 aromatic rings. The summed E-state index contributed by atoms with van der Waals surface area (Å²) in [6, 6.07) is 0.524. The van der Waals surface area contributed by atoms with Crippen molar-refractivity contribution in [3.05, 3.63) is 0 Å². The number of nitrogens with one attached hydrogen (secondary N) is 1. The predicted octanol–water partition coefficient (Wildman–Crippen LogP) is 3.18. The maximum atomic E-state index is 12.6. The lowest BCUT2D eigenvalue weighted by Crippen LogP contribution is -2.51. The van der Waals surface area contributed by atoms with Crippen molar-refractivity contribution in [1.29, 1.82) is 0 Å². The van der Waals surface area contributed by atoms with Crippen LogP contribution in [0.15, 0.2) is 0 Å². The number of urea groups is 1. The topological polar surface area (TPSA) is 50.8 Å². The van der Waals surface area contributed by atoms with E-state index in [0.717, 1.165) is 58.6 Å². The quantitative estimate of drug-likeness (QED) is 0.837. The van der Waals surface area contributed by atoms with Gasteiger partial charge in [0.05, 0.1) is 19.3 Å². The van der Waals surface area contributed by atoms with Gasteiger partial charge < -0.3 is 19.7 Å². The Morgan fingerprint density at radius 3 is 2.67 bits per heavy atom. The van der Waals surface area contributed by atoms with Gasteiger partial charge in [-0.05, 0) is 38.0 Å². The Hall–Kier alpha value is -0.810. The smallest absolute Gasteiger partial charge is 0.317 e. The molecule has 3 fully saturated rings. The Kier molecular flexibility index (Phi) is 6.78. The van der Waals surface area contributed by atoms with Crippen LogP contribution in [0.2, 0.25) is 0 Å². The van der Waals surface area contributed by atoms with Crippen LogP contribution in [0.3, 0.4) is 0 Å². The molecule has 3 atom stereocenters. The van der Waals surface area contributed by atoms with Crippen LogP contribution in [0, 0.1) is 11.8 Å². The predicted molar refractivity (Wildman–Crippen MR) is 94.0 cm³/mol. The van der Waals surface area contributed by atoms with Crippen molar-refractivity contribution in [3.8, 4) is 0 Å². The zero-order valence-corrected chi connectivity index (χ0v) is 15.2. The minimum Gasteiger partial charge on any atom is -0.381 e. The summed E-state index contributed by atoms with van der Waals surface area (Å²) in [5.41, 5.74) is 0. The van der Waals surface area contributed by atoms with Gasteiger partial charge in [0.1, 0.15) is 0 Å². The van der Waals surface area contributed by atoms with Crippen LogP contribution >= 0.6 is 0 Å². The number of carbonyl (C=O) groups is 1. The average molecular weight is 338 g/mol. The van der Waals surface area contributed by atoms with Crippen LogP contribution < -0.4 is 5.32 Å². The van der Waals surface area contributed by atoms with Crippen LogP contribution in [0.5, 0.6) is 0 Å². The molecule has 0 unspecified atom stereocenters. The SMILES string of the molecule is CC[C@@H]1CCCC[C@@H]1NC(=O)N1CCC(OC[C@H]2CCOC2)CC1. The van der Waals surface area contributed by atoms with E-state index in [1.54, 1.807) is 0 Å². The third-order valence-corrected chi connectivity index (χ3v) is 6.06. The lowest BCUT2D eigenvalue weighted by Gasteiger charge is -2.36. The van der Waals surface area contributed by atoms with Crippen LogP contribution in [0.1, 0.15) is 58.3 Å². The minimum absolute atomic E-state index is 0.142. The fourth-order valence-corrected chi connectivity index (χ4v) is 4.35. The number of hydrogen-bond acceptors (Lipinski definition) is 3. The van der Waals surface area contributed by atoms with E-state index in [1.165, 1.54) is 25.7 Å². The van der Waals surface area contributed by atoms with Crippen LogP contribution in [-0.2, 0) is 9.47 Å². The highest BCUT2D eigenvalue weighted by Crippen LogP contribution is 2.27. The molecule has 3 aliphatic rings. The number of ether oxygens (including phenoxy) is 2. The van der Waals surface area contributed by atoms with Crippen molar-refractivity contribution in [3.63, 3.8) is 0 Å². The summed E-state index contributed by atoms with van der Waals surface area (Å²) >= 11 is 0. The number of rotatable bonds is 5. The van der Waals surface area contributed by atoms with Crippen molar-refractivity contribution in [2.75, 3.05) is 32.9 Å². The number of hydrogen-bond donors (Lipinski definition) is 1. The first-order chi connectivity index (χ1) is 11.8. The van der Waals surface area contributed by atoms with E-state index in [1.807, 2.05) is 4.90 Å². The summed E-state index contributed by atoms with van der Waals surface area (Å²) in [7, 11) is 0. The zero-order chi connectivity index (χ0) is 16.8. The van der Waals surface area contributed by atoms with Gasteiger partial charge in [0, 0.05) is 31.7 Å². The maximum absolute atomic E-state index is 12.6. The van der Waals surface area contributed by atoms with E-state index in [-0.39, 0.29) is 6.03 Å². The summed E-state index contributed by atoms with van der Waals surface area (Å²) < 4.78 is 11.4. The van der Waals surface area contributed by atoms with Gasteiger partial charge in [-0.2, -0.15) is 0 Å². The highest BCUT2D eigenvalue weighted by atomic mass is 16.5. The second-order valence-electron chi connectivity index (χ2n) is 7.76. The standard InChI is InChI=1S/C19H34N2O3/c1-2-16-5-3-4-6-18(16)20-19(22)21-10-7-17(8-11-21)24-14-15-9-12-23-13-15/h15-18H,2-14H2,1H3,(H,20,22)/t15-,16+,18-/m0/s1. The molecule has 5 nitrogen and oxygen atoms in total. The number of carbonyl (C=O) groups excluding carboxylic acids is 1. The first-order valence-electron chi connectivity index (χ1n) is 10.0. The van der Waals surface area contributed by atoms with Gasteiger partial charge >= 0.3 is 6.03 Å². The third-order valence-electron chi connectivity index (χ3n) is 6.06. The molecule has 1 N–H and O–H groups in total. The first kappa shape index (κ1) is 18.0. The molecule has 0 spiro atoms. The Morgan fingerprint density at radius 2 is 1.96 bits per heavy atom. The van der Waals surface area contributed by atoms with E-state index in [9.17, 15) is 4.79 Å². The Labute approximate surface area is 146 Å². The van der Waals surface area contributed by atoms with Crippen LogP contribution in [0.25, 0.3) is 0 Å². The molecule has 0 radical (unpaired) electrons. The van der Waals surface area contributed by atoms with E-state index >= 15 is 0 Å². The van der Waals surface area contributed by atoms with Gasteiger partial charge in [-0.25, -0.2) is 4.79 Å². The number of nitrogens with zero attached hydrogens (tertiary/aromatic N) is 1. The van der Waals surface area contributed by atoms with Crippen LogP contribution in [0.4, 0.5) is 4.79 Å². The molecule has 0 aromatic carbocycles. The maximum Gasteiger partial charge on any atom is 0.317 e. The number of amides is 2. The summed E-state index contributed by atoms with van der Waals surface area (Å²) in [6.07, 6.45) is 9.52. The number of piperidine rings is 1. The molecule has 0 bridgehead atoms. The lowest BCUT2D eigenvalue weighted by atomic mass is 9.83. The Balaban J connectivity index is 1.36. The molecular formula is C19H34N2O3. The van der Waals surface area contributed by atoms with Gasteiger partial charge in [0.15, 0.2) is 0 Å². The lowest BCUT2D eigenvalue weighted by molar-refractivity contribution is -0.00463. The van der Waals surface area contributed by atoms with Crippen molar-refractivity contribution < 1.29 is 14.3 Å². The number of likely N-dealkylation sites (tertiary alicyclic amines) is 1. The Bertz CT molecular complexity index is 390. The monoisotopic (exact) mass is 338 g/mol. The average Bonchev–Trinajstić information content (AvgIpc) is 3.14. The van der Waals surface area contributed by atoms with Crippen molar-refractivity contribution in [1.82, 2.24) is 10.2 Å². The highest BCUT2D eigenvalue weighted by Gasteiger charge is 2.29. The highest BCUT2D eigenvalue weighted by molar-refractivity contribution is 5.74. The first-order valence-corrected chi connectivity index (χ1v) is 10.0. The summed E-state index contributed by atoms with van der Waals surface area (Å²) in [5, 5.41) is 3.31. The third kappa shape index (κ3) is 4.85.